The van der Waals surface area contributed by atoms with Gasteiger partial charge >= 0.3 is 0 Å². The van der Waals surface area contributed by atoms with Crippen LogP contribution >= 0.6 is 0 Å². The maximum Gasteiger partial charge on any atom is 0.219 e. The molecule has 0 atom stereocenters. The van der Waals surface area contributed by atoms with Crippen LogP contribution in [0.3, 0.4) is 0 Å². The summed E-state index contributed by atoms with van der Waals surface area (Å²) in [4.78, 5) is 11.5. The third-order valence-electron chi connectivity index (χ3n) is 3.22. The molecule has 0 aliphatic heterocycles. The van der Waals surface area contributed by atoms with Gasteiger partial charge in [-0.15, -0.1) is 0 Å². The lowest BCUT2D eigenvalue weighted by Crippen LogP contribution is -2.24. The number of amides is 1. The van der Waals surface area contributed by atoms with Crippen LogP contribution in [-0.2, 0) is 4.79 Å². The molecule has 0 spiro atoms. The van der Waals surface area contributed by atoms with Crippen LogP contribution in [-0.4, -0.2) is 12.5 Å². The van der Waals surface area contributed by atoms with Crippen LogP contribution < -0.4 is 5.32 Å². The van der Waals surface area contributed by atoms with E-state index in [4.69, 9.17) is 0 Å². The van der Waals surface area contributed by atoms with Crippen LogP contribution in [0, 0.1) is 11.8 Å². The van der Waals surface area contributed by atoms with E-state index in [0.29, 0.717) is 6.42 Å². The summed E-state index contributed by atoms with van der Waals surface area (Å²) >= 11 is 0. The monoisotopic (exact) mass is 255 g/mol. The Labute approximate surface area is 114 Å². The maximum absolute atomic E-state index is 11.5. The summed E-state index contributed by atoms with van der Waals surface area (Å²) in [5.74, 6) is 1.80. The van der Waals surface area contributed by atoms with Crippen molar-refractivity contribution in [1.82, 2.24) is 5.32 Å². The summed E-state index contributed by atoms with van der Waals surface area (Å²) in [5.41, 5.74) is 0. The van der Waals surface area contributed by atoms with Crippen molar-refractivity contribution < 1.29 is 4.79 Å². The van der Waals surface area contributed by atoms with E-state index >= 15 is 0 Å². The molecule has 0 aromatic heterocycles. The minimum Gasteiger partial charge on any atom is -0.356 e. The number of carbonyl (C=O) groups is 1. The number of carbonyl (C=O) groups excluding carboxylic acids is 1. The smallest absolute Gasteiger partial charge is 0.219 e. The van der Waals surface area contributed by atoms with E-state index in [2.05, 4.69) is 33.0 Å². The molecule has 0 aliphatic carbocycles. The Morgan fingerprint density at radius 2 is 1.39 bits per heavy atom. The van der Waals surface area contributed by atoms with Gasteiger partial charge in [-0.05, 0) is 24.7 Å². The third kappa shape index (κ3) is 13.5. The topological polar surface area (TPSA) is 29.1 Å². The predicted octanol–water partition coefficient (Wildman–Crippen LogP) is 4.54. The van der Waals surface area contributed by atoms with E-state index in [1.54, 1.807) is 0 Å². The lowest BCUT2D eigenvalue weighted by molar-refractivity contribution is -0.121. The molecule has 0 saturated carbocycles. The molecule has 0 radical (unpaired) electrons. The first-order chi connectivity index (χ1) is 8.52. The van der Waals surface area contributed by atoms with Crippen molar-refractivity contribution in [2.24, 2.45) is 11.8 Å². The van der Waals surface area contributed by atoms with Crippen molar-refractivity contribution in [1.29, 1.82) is 0 Å². The van der Waals surface area contributed by atoms with Crippen molar-refractivity contribution in [3.05, 3.63) is 0 Å². The minimum absolute atomic E-state index is 0.239. The second-order valence-corrected chi connectivity index (χ2v) is 6.23. The van der Waals surface area contributed by atoms with E-state index in [0.717, 1.165) is 31.2 Å². The van der Waals surface area contributed by atoms with Crippen LogP contribution in [0.1, 0.15) is 79.1 Å². The second kappa shape index (κ2) is 11.6. The molecular weight excluding hydrogens is 222 g/mol. The van der Waals surface area contributed by atoms with Gasteiger partial charge in [-0.3, -0.25) is 4.79 Å². The van der Waals surface area contributed by atoms with Crippen molar-refractivity contribution in [3.8, 4) is 0 Å². The summed E-state index contributed by atoms with van der Waals surface area (Å²) in [6.45, 7) is 9.85. The zero-order chi connectivity index (χ0) is 13.8. The highest BCUT2D eigenvalue weighted by Gasteiger charge is 2.01. The van der Waals surface area contributed by atoms with Gasteiger partial charge in [-0.1, -0.05) is 59.8 Å². The van der Waals surface area contributed by atoms with E-state index in [9.17, 15) is 4.79 Å². The van der Waals surface area contributed by atoms with Gasteiger partial charge in [0, 0.05) is 13.0 Å². The minimum atomic E-state index is 0.239. The number of rotatable bonds is 11. The van der Waals surface area contributed by atoms with Crippen LogP contribution in [0.2, 0.25) is 0 Å². The zero-order valence-corrected chi connectivity index (χ0v) is 12.9. The maximum atomic E-state index is 11.5. The lowest BCUT2D eigenvalue weighted by Gasteiger charge is -2.07. The summed E-state index contributed by atoms with van der Waals surface area (Å²) in [6.07, 6.45) is 9.14. The summed E-state index contributed by atoms with van der Waals surface area (Å²) in [7, 11) is 0. The standard InChI is InChI=1S/C16H33NO/c1-14(2)10-6-5-9-13-17-16(18)12-8-7-11-15(3)4/h14-15H,5-13H2,1-4H3,(H,17,18). The van der Waals surface area contributed by atoms with Gasteiger partial charge in [-0.2, -0.15) is 0 Å². The third-order valence-corrected chi connectivity index (χ3v) is 3.22. The SMILES string of the molecule is CC(C)CCCCCNC(=O)CCCCC(C)C. The van der Waals surface area contributed by atoms with Crippen LogP contribution in [0.15, 0.2) is 0 Å². The molecule has 2 nitrogen and oxygen atoms in total. The van der Waals surface area contributed by atoms with Crippen LogP contribution in [0.25, 0.3) is 0 Å². The molecule has 18 heavy (non-hydrogen) atoms. The largest absolute Gasteiger partial charge is 0.356 e. The van der Waals surface area contributed by atoms with E-state index < -0.39 is 0 Å². The average molecular weight is 255 g/mol. The Balaban J connectivity index is 3.22. The fraction of sp³-hybridized carbons (Fsp3) is 0.938. The molecule has 0 rings (SSSR count). The first-order valence-electron chi connectivity index (χ1n) is 7.79. The molecule has 0 fully saturated rings. The molecule has 1 amide bonds. The Bertz CT molecular complexity index is 199. The molecule has 1 N–H and O–H groups in total. The van der Waals surface area contributed by atoms with E-state index in [1.807, 2.05) is 0 Å². The van der Waals surface area contributed by atoms with Crippen LogP contribution in [0.4, 0.5) is 0 Å². The van der Waals surface area contributed by atoms with Crippen LogP contribution in [0.5, 0.6) is 0 Å². The first-order valence-corrected chi connectivity index (χ1v) is 7.79. The fourth-order valence-corrected chi connectivity index (χ4v) is 2.01. The number of unbranched alkanes of at least 4 members (excludes halogenated alkanes) is 3. The summed E-state index contributed by atoms with van der Waals surface area (Å²) < 4.78 is 0. The Morgan fingerprint density at radius 3 is 1.94 bits per heavy atom. The predicted molar refractivity (Wildman–Crippen MR) is 79.6 cm³/mol. The Kier molecular flexibility index (Phi) is 11.2. The molecule has 0 aliphatic rings. The highest BCUT2D eigenvalue weighted by atomic mass is 16.1. The zero-order valence-electron chi connectivity index (χ0n) is 12.9. The number of hydrogen-bond acceptors (Lipinski definition) is 1. The second-order valence-electron chi connectivity index (χ2n) is 6.23. The molecule has 0 saturated heterocycles. The van der Waals surface area contributed by atoms with E-state index in [1.165, 1.54) is 32.1 Å². The Morgan fingerprint density at radius 1 is 0.833 bits per heavy atom. The average Bonchev–Trinajstić information content (AvgIpc) is 2.28. The molecule has 0 aromatic rings. The highest BCUT2D eigenvalue weighted by molar-refractivity contribution is 5.75. The number of nitrogens with one attached hydrogen (secondary N) is 1. The van der Waals surface area contributed by atoms with Gasteiger partial charge in [0.1, 0.15) is 0 Å². The first kappa shape index (κ1) is 17.5. The molecule has 0 unspecified atom stereocenters. The quantitative estimate of drug-likeness (QED) is 0.540. The van der Waals surface area contributed by atoms with Gasteiger partial charge in [0.05, 0.1) is 0 Å². The van der Waals surface area contributed by atoms with Crippen molar-refractivity contribution in [3.63, 3.8) is 0 Å². The van der Waals surface area contributed by atoms with Gasteiger partial charge in [0.2, 0.25) is 5.91 Å². The highest BCUT2D eigenvalue weighted by Crippen LogP contribution is 2.08. The van der Waals surface area contributed by atoms with Gasteiger partial charge in [-0.25, -0.2) is 0 Å². The lowest BCUT2D eigenvalue weighted by atomic mass is 10.0. The Hall–Kier alpha value is -0.530. The van der Waals surface area contributed by atoms with Gasteiger partial charge in [0.15, 0.2) is 0 Å². The van der Waals surface area contributed by atoms with Crippen molar-refractivity contribution in [2.45, 2.75) is 79.1 Å². The summed E-state index contributed by atoms with van der Waals surface area (Å²) in [5, 5.41) is 3.02. The molecule has 108 valence electrons. The molecular formula is C16H33NO. The van der Waals surface area contributed by atoms with Gasteiger partial charge < -0.3 is 5.32 Å². The fourth-order valence-electron chi connectivity index (χ4n) is 2.01. The van der Waals surface area contributed by atoms with Gasteiger partial charge in [0.25, 0.3) is 0 Å². The molecule has 0 bridgehead atoms. The number of hydrogen-bond donors (Lipinski definition) is 1. The van der Waals surface area contributed by atoms with Crippen molar-refractivity contribution >= 4 is 5.91 Å². The normalized spacial score (nSPS) is 11.2. The van der Waals surface area contributed by atoms with E-state index in [-0.39, 0.29) is 5.91 Å². The molecule has 2 heteroatoms. The molecule has 0 heterocycles. The summed E-state index contributed by atoms with van der Waals surface area (Å²) in [6, 6.07) is 0. The molecule has 0 aromatic carbocycles. The van der Waals surface area contributed by atoms with Crippen molar-refractivity contribution in [2.75, 3.05) is 6.54 Å².